The summed E-state index contributed by atoms with van der Waals surface area (Å²) in [5, 5.41) is 9.65. The lowest BCUT2D eigenvalue weighted by molar-refractivity contribution is -0.153. The van der Waals surface area contributed by atoms with E-state index < -0.39 is 23.4 Å². The molecule has 0 aliphatic carbocycles. The molecule has 3 aromatic rings. The van der Waals surface area contributed by atoms with E-state index in [1.165, 1.54) is 12.1 Å². The second-order valence-electron chi connectivity index (χ2n) is 7.49. The Labute approximate surface area is 205 Å². The number of urea groups is 1. The summed E-state index contributed by atoms with van der Waals surface area (Å²) in [7, 11) is 1.43. The number of carbonyl (C=O) groups is 3. The highest BCUT2D eigenvalue weighted by Gasteiger charge is 2.52. The van der Waals surface area contributed by atoms with Crippen molar-refractivity contribution in [1.29, 1.82) is 0 Å². The van der Waals surface area contributed by atoms with Crippen LogP contribution in [0.25, 0.3) is 0 Å². The summed E-state index contributed by atoms with van der Waals surface area (Å²) < 4.78 is 16.7. The van der Waals surface area contributed by atoms with Crippen LogP contribution in [0.15, 0.2) is 72.2 Å². The molecule has 1 aromatic heterocycles. The van der Waals surface area contributed by atoms with Crippen LogP contribution < -0.4 is 25.1 Å². The molecule has 0 saturated carbocycles. The summed E-state index contributed by atoms with van der Waals surface area (Å²) in [5.74, 6) is 0.0597. The first-order chi connectivity index (χ1) is 17.4. The van der Waals surface area contributed by atoms with Gasteiger partial charge in [-0.1, -0.05) is 0 Å². The number of nitrogens with zero attached hydrogens (tertiary/aromatic N) is 4. The molecule has 0 bridgehead atoms. The first-order valence-corrected chi connectivity index (χ1v) is 10.7. The molecular weight excluding hydrogens is 468 g/mol. The number of carbonyl (C=O) groups excluding carboxylic acids is 3. The smallest absolute Gasteiger partial charge is 0.328 e. The van der Waals surface area contributed by atoms with Gasteiger partial charge >= 0.3 is 6.03 Å². The number of nitrogens with one attached hydrogen (secondary N) is 2. The molecule has 4 rings (SSSR count). The zero-order chi connectivity index (χ0) is 25.5. The number of imide groups is 2. The van der Waals surface area contributed by atoms with Crippen molar-refractivity contribution in [3.63, 3.8) is 0 Å². The van der Waals surface area contributed by atoms with Crippen LogP contribution in [-0.4, -0.2) is 53.8 Å². The molecule has 2 aromatic carbocycles. The van der Waals surface area contributed by atoms with Crippen LogP contribution in [0.4, 0.5) is 16.3 Å². The van der Waals surface area contributed by atoms with Crippen LogP contribution in [0.1, 0.15) is 6.42 Å². The topological polar surface area (TPSA) is 144 Å². The largest absolute Gasteiger partial charge is 0.467 e. The Bertz CT molecular complexity index is 1230. The minimum atomic E-state index is -1.95. The minimum absolute atomic E-state index is 0.0574. The summed E-state index contributed by atoms with van der Waals surface area (Å²) >= 11 is 0. The van der Waals surface area contributed by atoms with Gasteiger partial charge in [0.15, 0.2) is 5.82 Å². The Hall–Kier alpha value is -4.84. The van der Waals surface area contributed by atoms with E-state index in [9.17, 15) is 14.4 Å². The van der Waals surface area contributed by atoms with Crippen LogP contribution in [0.2, 0.25) is 0 Å². The van der Waals surface area contributed by atoms with Gasteiger partial charge in [-0.05, 0) is 48.5 Å². The van der Waals surface area contributed by atoms with Gasteiger partial charge in [-0.3, -0.25) is 25.2 Å². The van der Waals surface area contributed by atoms with E-state index in [1.807, 2.05) is 0 Å². The molecule has 2 N–H and O–H groups in total. The lowest BCUT2D eigenvalue weighted by Crippen LogP contribution is -2.69. The Morgan fingerprint density at radius 2 is 1.56 bits per heavy atom. The molecule has 12 nitrogen and oxygen atoms in total. The highest BCUT2D eigenvalue weighted by atomic mass is 16.5. The van der Waals surface area contributed by atoms with Gasteiger partial charge < -0.3 is 14.2 Å². The van der Waals surface area contributed by atoms with Crippen molar-refractivity contribution in [2.24, 2.45) is 5.10 Å². The number of barbiturate groups is 1. The van der Waals surface area contributed by atoms with Gasteiger partial charge in [-0.25, -0.2) is 14.8 Å². The maximum Gasteiger partial charge on any atom is 0.328 e. The van der Waals surface area contributed by atoms with E-state index in [1.54, 1.807) is 67.1 Å². The normalized spacial score (nSPS) is 14.4. The molecule has 2 heterocycles. The predicted octanol–water partition coefficient (Wildman–Crippen LogP) is 2.54. The van der Waals surface area contributed by atoms with E-state index in [-0.39, 0.29) is 18.8 Å². The number of hydrazone groups is 1. The van der Waals surface area contributed by atoms with Gasteiger partial charge in [0.2, 0.25) is 0 Å². The number of hydrogen-bond acceptors (Lipinski definition) is 10. The average molecular weight is 490 g/mol. The summed E-state index contributed by atoms with van der Waals surface area (Å²) in [6, 6.07) is 12.5. The molecule has 1 saturated heterocycles. The highest BCUT2D eigenvalue weighted by molar-refractivity contribution is 6.21. The zero-order valence-corrected chi connectivity index (χ0v) is 19.2. The predicted molar refractivity (Wildman–Crippen MR) is 128 cm³/mol. The number of ether oxygens (including phenoxy) is 3. The Kier molecular flexibility index (Phi) is 7.16. The number of rotatable bonds is 10. The van der Waals surface area contributed by atoms with Crippen molar-refractivity contribution in [3.8, 4) is 17.2 Å². The summed E-state index contributed by atoms with van der Waals surface area (Å²) in [6.45, 7) is 3.64. The van der Waals surface area contributed by atoms with Crippen molar-refractivity contribution in [3.05, 3.63) is 67.1 Å². The van der Waals surface area contributed by atoms with Crippen molar-refractivity contribution < 1.29 is 28.6 Å². The second kappa shape index (κ2) is 10.6. The van der Waals surface area contributed by atoms with Crippen LogP contribution in [-0.2, 0) is 14.3 Å². The van der Waals surface area contributed by atoms with Gasteiger partial charge in [-0.15, -0.1) is 0 Å². The van der Waals surface area contributed by atoms with Crippen molar-refractivity contribution >= 4 is 36.1 Å². The van der Waals surface area contributed by atoms with E-state index >= 15 is 0 Å². The molecule has 0 radical (unpaired) electrons. The molecule has 36 heavy (non-hydrogen) atoms. The highest BCUT2D eigenvalue weighted by Crippen LogP contribution is 2.30. The SMILES string of the molecule is C=NN(c1ccc(Oc2ccc(OC3(CCOC)C(=O)NC(=O)NC3=O)cc2)cc1)c1cnccn1. The molecule has 0 spiro atoms. The van der Waals surface area contributed by atoms with Gasteiger partial charge in [0.25, 0.3) is 17.4 Å². The molecule has 0 unspecified atom stereocenters. The van der Waals surface area contributed by atoms with E-state index in [0.29, 0.717) is 23.0 Å². The van der Waals surface area contributed by atoms with Gasteiger partial charge in [-0.2, -0.15) is 5.10 Å². The number of methoxy groups -OCH3 is 1. The minimum Gasteiger partial charge on any atom is -0.467 e. The Morgan fingerprint density at radius 1 is 0.944 bits per heavy atom. The van der Waals surface area contributed by atoms with Gasteiger partial charge in [0.05, 0.1) is 18.5 Å². The zero-order valence-electron chi connectivity index (χ0n) is 19.2. The van der Waals surface area contributed by atoms with Crippen LogP contribution in [0.3, 0.4) is 0 Å². The van der Waals surface area contributed by atoms with E-state index in [0.717, 1.165) is 0 Å². The number of aromatic nitrogens is 2. The fourth-order valence-corrected chi connectivity index (χ4v) is 3.41. The molecule has 184 valence electrons. The number of amides is 4. The summed E-state index contributed by atoms with van der Waals surface area (Å²) in [5.41, 5.74) is -1.23. The van der Waals surface area contributed by atoms with Crippen molar-refractivity contribution in [2.45, 2.75) is 12.0 Å². The molecule has 4 amide bonds. The lowest BCUT2D eigenvalue weighted by atomic mass is 9.95. The van der Waals surface area contributed by atoms with Gasteiger partial charge in [0, 0.05) is 32.6 Å². The quantitative estimate of drug-likeness (QED) is 0.249. The third kappa shape index (κ3) is 5.13. The number of hydrogen-bond donors (Lipinski definition) is 2. The third-order valence-electron chi connectivity index (χ3n) is 5.19. The van der Waals surface area contributed by atoms with Crippen molar-refractivity contribution in [2.75, 3.05) is 18.7 Å². The molecule has 0 atom stereocenters. The average Bonchev–Trinajstić information content (AvgIpc) is 2.89. The van der Waals surface area contributed by atoms with E-state index in [2.05, 4.69) is 32.4 Å². The number of anilines is 2. The molecule has 1 aliphatic rings. The maximum absolute atomic E-state index is 12.5. The fourth-order valence-electron chi connectivity index (χ4n) is 3.41. The van der Waals surface area contributed by atoms with Gasteiger partial charge in [0.1, 0.15) is 17.2 Å². The van der Waals surface area contributed by atoms with E-state index in [4.69, 9.17) is 14.2 Å². The van der Waals surface area contributed by atoms with Crippen LogP contribution in [0, 0.1) is 0 Å². The first kappa shape index (κ1) is 24.3. The Balaban J connectivity index is 1.46. The third-order valence-corrected chi connectivity index (χ3v) is 5.19. The number of benzene rings is 2. The maximum atomic E-state index is 12.5. The molecular formula is C24H22N6O6. The Morgan fingerprint density at radius 3 is 2.11 bits per heavy atom. The fraction of sp³-hybridized carbons (Fsp3) is 0.167. The second-order valence-corrected chi connectivity index (χ2v) is 7.49. The molecule has 1 fully saturated rings. The molecule has 12 heteroatoms. The standard InChI is InChI=1S/C24H22N6O6/c1-25-30(20-15-26-12-13-27-20)16-3-5-17(6-4-16)35-18-7-9-19(10-8-18)36-24(11-14-34-2)21(31)28-23(33)29-22(24)32/h3-10,12-13,15H,1,11,14H2,2H3,(H2,28,29,31,32,33). The van der Waals surface area contributed by atoms with Crippen molar-refractivity contribution in [1.82, 2.24) is 20.6 Å². The summed E-state index contributed by atoms with van der Waals surface area (Å²) in [4.78, 5) is 44.8. The monoisotopic (exact) mass is 490 g/mol. The van der Waals surface area contributed by atoms with Crippen LogP contribution in [0.5, 0.6) is 17.2 Å². The van der Waals surface area contributed by atoms with Crippen LogP contribution >= 0.6 is 0 Å². The molecule has 1 aliphatic heterocycles. The lowest BCUT2D eigenvalue weighted by Gasteiger charge is -2.34. The first-order valence-electron chi connectivity index (χ1n) is 10.7. The summed E-state index contributed by atoms with van der Waals surface area (Å²) in [6.07, 6.45) is 4.60.